The summed E-state index contributed by atoms with van der Waals surface area (Å²) in [6, 6.07) is 7.71. The van der Waals surface area contributed by atoms with Crippen LogP contribution in [0.5, 0.6) is 11.5 Å². The summed E-state index contributed by atoms with van der Waals surface area (Å²) >= 11 is 5.71. The maximum Gasteiger partial charge on any atom is 0.199 e. The van der Waals surface area contributed by atoms with Crippen molar-refractivity contribution in [2.45, 2.75) is 39.1 Å². The number of hydrogen-bond donors (Lipinski definition) is 0. The van der Waals surface area contributed by atoms with Gasteiger partial charge in [-0.1, -0.05) is 25.1 Å². The number of fused-ring (bicyclic) bond motifs is 1. The molecule has 6 nitrogen and oxygen atoms in total. The Kier molecular flexibility index (Phi) is 5.31. The Hall–Kier alpha value is -2.12. The van der Waals surface area contributed by atoms with Crippen LogP contribution < -0.4 is 9.47 Å². The third-order valence-corrected chi connectivity index (χ3v) is 5.70. The number of rotatable bonds is 5. The highest BCUT2D eigenvalue weighted by Crippen LogP contribution is 2.35. The van der Waals surface area contributed by atoms with Crippen LogP contribution in [-0.4, -0.2) is 38.9 Å². The summed E-state index contributed by atoms with van der Waals surface area (Å²) < 4.78 is 16.6. The molecule has 2 aliphatic rings. The second-order valence-corrected chi connectivity index (χ2v) is 7.71. The number of piperidine rings is 1. The Balaban J connectivity index is 1.59. The van der Waals surface area contributed by atoms with E-state index in [1.165, 1.54) is 12.8 Å². The van der Waals surface area contributed by atoms with Crippen molar-refractivity contribution in [3.05, 3.63) is 47.5 Å². The second-order valence-electron chi connectivity index (χ2n) is 7.35. The number of allylic oxidation sites excluding steroid dienone is 1. The molecule has 2 aliphatic heterocycles. The van der Waals surface area contributed by atoms with Crippen LogP contribution in [0.1, 0.15) is 31.7 Å². The lowest BCUT2D eigenvalue weighted by molar-refractivity contribution is 0.0814. The quantitative estimate of drug-likeness (QED) is 0.578. The summed E-state index contributed by atoms with van der Waals surface area (Å²) in [5.41, 5.74) is 0. The molecule has 2 aromatic rings. The molecule has 0 amide bonds. The smallest absolute Gasteiger partial charge is 0.199 e. The van der Waals surface area contributed by atoms with Crippen LogP contribution in [0, 0.1) is 10.7 Å². The maximum absolute atomic E-state index is 6.16. The Morgan fingerprint density at radius 3 is 2.74 bits per heavy atom. The number of benzene rings is 1. The van der Waals surface area contributed by atoms with Gasteiger partial charge in [0, 0.05) is 19.6 Å². The summed E-state index contributed by atoms with van der Waals surface area (Å²) in [7, 11) is 0. The number of hydrogen-bond acceptors (Lipinski definition) is 5. The van der Waals surface area contributed by atoms with Crippen molar-refractivity contribution in [1.29, 1.82) is 0 Å². The van der Waals surface area contributed by atoms with Crippen LogP contribution in [0.15, 0.2) is 36.9 Å². The van der Waals surface area contributed by atoms with Crippen molar-refractivity contribution in [2.24, 2.45) is 5.92 Å². The molecule has 0 bridgehead atoms. The lowest BCUT2D eigenvalue weighted by atomic mass is 10.00. The van der Waals surface area contributed by atoms with Gasteiger partial charge >= 0.3 is 0 Å². The molecular weight excluding hydrogens is 360 g/mol. The Labute approximate surface area is 165 Å². The molecule has 0 spiro atoms. The van der Waals surface area contributed by atoms with Crippen molar-refractivity contribution in [1.82, 2.24) is 19.2 Å². The average Bonchev–Trinajstić information content (AvgIpc) is 2.99. The first-order valence-electron chi connectivity index (χ1n) is 9.55. The molecule has 1 atom stereocenters. The molecule has 4 rings (SSSR count). The Bertz CT molecular complexity index is 867. The van der Waals surface area contributed by atoms with E-state index in [1.54, 1.807) is 0 Å². The fourth-order valence-electron chi connectivity index (χ4n) is 3.63. The van der Waals surface area contributed by atoms with Crippen molar-refractivity contribution < 1.29 is 9.47 Å². The molecule has 144 valence electrons. The summed E-state index contributed by atoms with van der Waals surface area (Å²) in [4.78, 5) is 2.42. The van der Waals surface area contributed by atoms with E-state index in [2.05, 4.69) is 18.4 Å². The molecule has 7 heteroatoms. The molecule has 0 radical (unpaired) electrons. The van der Waals surface area contributed by atoms with Crippen molar-refractivity contribution >= 4 is 12.2 Å². The van der Waals surface area contributed by atoms with Gasteiger partial charge in [-0.05, 0) is 43.1 Å². The fraction of sp³-hybridized carbons (Fsp3) is 0.500. The van der Waals surface area contributed by atoms with E-state index < -0.39 is 0 Å². The van der Waals surface area contributed by atoms with Gasteiger partial charge in [0.05, 0.1) is 6.67 Å². The highest BCUT2D eigenvalue weighted by atomic mass is 32.1. The molecule has 0 aliphatic carbocycles. The van der Waals surface area contributed by atoms with Crippen molar-refractivity contribution in [3.8, 4) is 11.5 Å². The van der Waals surface area contributed by atoms with Crippen LogP contribution in [0.2, 0.25) is 0 Å². The number of ether oxygens (including phenoxy) is 2. The summed E-state index contributed by atoms with van der Waals surface area (Å²) in [5, 5.41) is 4.82. The van der Waals surface area contributed by atoms with Crippen LogP contribution in [0.3, 0.4) is 0 Å². The van der Waals surface area contributed by atoms with Crippen LogP contribution in [-0.2, 0) is 13.2 Å². The lowest BCUT2D eigenvalue weighted by Gasteiger charge is -2.29. The normalized spacial score (nSPS) is 20.6. The first kappa shape index (κ1) is 18.3. The zero-order chi connectivity index (χ0) is 18.8. The average molecular weight is 387 g/mol. The zero-order valence-corrected chi connectivity index (χ0v) is 16.5. The third-order valence-electron chi connectivity index (χ3n) is 5.27. The lowest BCUT2D eigenvalue weighted by Crippen LogP contribution is -2.34. The molecule has 1 aromatic carbocycles. The molecule has 1 saturated heterocycles. The minimum Gasteiger partial charge on any atom is -0.485 e. The van der Waals surface area contributed by atoms with Gasteiger partial charge in [-0.3, -0.25) is 9.47 Å². The molecule has 0 N–H and O–H groups in total. The number of likely N-dealkylation sites (tertiary alicyclic amines) is 1. The minimum absolute atomic E-state index is 0.288. The first-order chi connectivity index (χ1) is 13.2. The monoisotopic (exact) mass is 386 g/mol. The van der Waals surface area contributed by atoms with Crippen LogP contribution >= 0.6 is 12.2 Å². The Morgan fingerprint density at radius 1 is 1.26 bits per heavy atom. The molecule has 27 heavy (non-hydrogen) atoms. The molecule has 1 fully saturated rings. The second kappa shape index (κ2) is 7.86. The summed E-state index contributed by atoms with van der Waals surface area (Å²) in [6.45, 7) is 10.1. The zero-order valence-electron chi connectivity index (χ0n) is 15.7. The highest BCUT2D eigenvalue weighted by molar-refractivity contribution is 7.71. The molecule has 0 saturated carbocycles. The molecule has 1 aromatic heterocycles. The van der Waals surface area contributed by atoms with E-state index >= 15 is 0 Å². The largest absolute Gasteiger partial charge is 0.485 e. The molecule has 0 unspecified atom stereocenters. The number of aromatic nitrogens is 3. The van der Waals surface area contributed by atoms with Gasteiger partial charge in [-0.2, -0.15) is 5.10 Å². The highest BCUT2D eigenvalue weighted by Gasteiger charge is 2.28. The van der Waals surface area contributed by atoms with Crippen molar-refractivity contribution in [2.75, 3.05) is 19.7 Å². The SMILES string of the molecule is C=CCn1c([C@H]2COc3ccccc3O2)nn(CN2CCC(C)CC2)c1=S. The minimum atomic E-state index is -0.288. The van der Waals surface area contributed by atoms with Gasteiger partial charge in [-0.25, -0.2) is 4.68 Å². The predicted octanol–water partition coefficient (Wildman–Crippen LogP) is 3.80. The predicted molar refractivity (Wildman–Crippen MR) is 107 cm³/mol. The number of nitrogens with zero attached hydrogens (tertiary/aromatic N) is 4. The summed E-state index contributed by atoms with van der Waals surface area (Å²) in [5.74, 6) is 3.10. The Morgan fingerprint density at radius 2 is 2.00 bits per heavy atom. The molecular formula is C20H26N4O2S. The van der Waals surface area contributed by atoms with Crippen molar-refractivity contribution in [3.63, 3.8) is 0 Å². The van der Waals surface area contributed by atoms with E-state index in [1.807, 2.05) is 39.6 Å². The van der Waals surface area contributed by atoms with Crippen LogP contribution in [0.25, 0.3) is 0 Å². The van der Waals surface area contributed by atoms with E-state index in [0.29, 0.717) is 24.6 Å². The van der Waals surface area contributed by atoms with Gasteiger partial charge in [0.25, 0.3) is 0 Å². The van der Waals surface area contributed by atoms with Crippen LogP contribution in [0.4, 0.5) is 0 Å². The van der Waals surface area contributed by atoms with Gasteiger partial charge in [0.1, 0.15) is 6.61 Å². The van der Waals surface area contributed by atoms with E-state index in [4.69, 9.17) is 26.8 Å². The maximum atomic E-state index is 6.16. The van der Waals surface area contributed by atoms with E-state index in [0.717, 1.165) is 36.3 Å². The number of para-hydroxylation sites is 2. The first-order valence-corrected chi connectivity index (χ1v) is 9.96. The van der Waals surface area contributed by atoms with Gasteiger partial charge < -0.3 is 9.47 Å². The summed E-state index contributed by atoms with van der Waals surface area (Å²) in [6.07, 6.45) is 4.00. The topological polar surface area (TPSA) is 44.5 Å². The van der Waals surface area contributed by atoms with E-state index in [9.17, 15) is 0 Å². The van der Waals surface area contributed by atoms with Gasteiger partial charge in [-0.15, -0.1) is 6.58 Å². The standard InChI is InChI=1S/C20H26N4O2S/c1-3-10-23-19(18-13-25-16-6-4-5-7-17(16)26-18)21-24(20(23)27)14-22-11-8-15(2)9-12-22/h3-7,15,18H,1,8-14H2,2H3/t18-/m1/s1. The van der Waals surface area contributed by atoms with E-state index in [-0.39, 0.29) is 6.10 Å². The van der Waals surface area contributed by atoms with Gasteiger partial charge in [0.2, 0.25) is 0 Å². The van der Waals surface area contributed by atoms with Gasteiger partial charge in [0.15, 0.2) is 28.2 Å². The fourth-order valence-corrected chi connectivity index (χ4v) is 3.90. The third kappa shape index (κ3) is 3.80. The molecule has 3 heterocycles.